The standard InChI is InChI=1S/C10H16N2O2.C10H19NO4.C9H17NO2/c1-10(2)6-8(13)12-5-3-4-7(12)9(14)11-10;1-9(2,3)15-8(14)11-10(4,5)6-7(12)13;1-9(2,3)12-8(11)7-5-4-6-10-7/h7H,3-6H2,1-2H3,(H,11,14);6H2,1-5H3,(H,11,14)(H,12,13);7,10H,4-6H2,1-3H3/t7-;;7-/m0.0/s1. The highest BCUT2D eigenvalue weighted by molar-refractivity contribution is 5.91. The lowest BCUT2D eigenvalue weighted by Gasteiger charge is -2.27. The van der Waals surface area contributed by atoms with E-state index in [0.717, 1.165) is 38.8 Å². The summed E-state index contributed by atoms with van der Waals surface area (Å²) in [5.41, 5.74) is -2.14. The van der Waals surface area contributed by atoms with Gasteiger partial charge in [0.1, 0.15) is 23.3 Å². The van der Waals surface area contributed by atoms with Crippen LogP contribution in [0.5, 0.6) is 0 Å². The van der Waals surface area contributed by atoms with Gasteiger partial charge in [-0.1, -0.05) is 0 Å². The minimum Gasteiger partial charge on any atom is -0.481 e. The first-order chi connectivity index (χ1) is 18.5. The minimum atomic E-state index is -0.962. The maximum absolute atomic E-state index is 11.8. The second-order valence-electron chi connectivity index (χ2n) is 14.1. The highest BCUT2D eigenvalue weighted by Crippen LogP contribution is 2.25. The number of carboxylic acid groups (broad SMARTS) is 1. The maximum Gasteiger partial charge on any atom is 0.408 e. The third kappa shape index (κ3) is 14.5. The molecule has 0 unspecified atom stereocenters. The average molecular weight is 585 g/mol. The van der Waals surface area contributed by atoms with Crippen LogP contribution in [0.15, 0.2) is 0 Å². The van der Waals surface area contributed by atoms with Gasteiger partial charge in [0.15, 0.2) is 0 Å². The molecule has 3 aliphatic heterocycles. The SMILES string of the molecule is CC(C)(C)OC(=O)[C@@H]1CCCN1.CC(C)(CC(=O)O)NC(=O)OC(C)(C)C.CC1(C)CC(=O)N2CCC[C@H]2C(=O)N1. The van der Waals surface area contributed by atoms with Crippen LogP contribution in [0.3, 0.4) is 0 Å². The predicted octanol–water partition coefficient (Wildman–Crippen LogP) is 3.12. The molecule has 0 bridgehead atoms. The van der Waals surface area contributed by atoms with Crippen molar-refractivity contribution in [2.45, 2.75) is 142 Å². The number of hydrogen-bond acceptors (Lipinski definition) is 8. The number of carboxylic acids is 1. The lowest BCUT2D eigenvalue weighted by Crippen LogP contribution is -2.47. The Morgan fingerprint density at radius 2 is 1.56 bits per heavy atom. The molecular weight excluding hydrogens is 532 g/mol. The van der Waals surface area contributed by atoms with Gasteiger partial charge in [-0.15, -0.1) is 0 Å². The molecular formula is C29H52N4O8. The Morgan fingerprint density at radius 3 is 2.05 bits per heavy atom. The fourth-order valence-corrected chi connectivity index (χ4v) is 4.54. The highest BCUT2D eigenvalue weighted by atomic mass is 16.6. The van der Waals surface area contributed by atoms with Crippen molar-refractivity contribution in [3.63, 3.8) is 0 Å². The molecule has 0 aromatic carbocycles. The van der Waals surface area contributed by atoms with Crippen LogP contribution in [0.2, 0.25) is 0 Å². The number of nitrogens with one attached hydrogen (secondary N) is 3. The van der Waals surface area contributed by atoms with Gasteiger partial charge in [0.05, 0.1) is 6.42 Å². The Kier molecular flexibility index (Phi) is 12.6. The van der Waals surface area contributed by atoms with Crippen molar-refractivity contribution >= 4 is 29.8 Å². The van der Waals surface area contributed by atoms with E-state index < -0.39 is 28.7 Å². The summed E-state index contributed by atoms with van der Waals surface area (Å²) in [6, 6.07) is -0.270. The molecule has 0 radical (unpaired) electrons. The predicted molar refractivity (Wildman–Crippen MR) is 154 cm³/mol. The first kappa shape index (κ1) is 36.1. The van der Waals surface area contributed by atoms with Crippen molar-refractivity contribution in [2.24, 2.45) is 0 Å². The van der Waals surface area contributed by atoms with E-state index in [2.05, 4.69) is 16.0 Å². The van der Waals surface area contributed by atoms with Crippen molar-refractivity contribution in [1.29, 1.82) is 0 Å². The lowest BCUT2D eigenvalue weighted by atomic mass is 10.0. The van der Waals surface area contributed by atoms with Crippen molar-refractivity contribution in [3.8, 4) is 0 Å². The molecule has 4 N–H and O–H groups in total. The van der Waals surface area contributed by atoms with Crippen LogP contribution in [-0.4, -0.2) is 87.3 Å². The minimum absolute atomic E-state index is 0.0124. The van der Waals surface area contributed by atoms with E-state index in [4.69, 9.17) is 14.6 Å². The topological polar surface area (TPSA) is 163 Å². The quantitative estimate of drug-likeness (QED) is 0.364. The Morgan fingerprint density at radius 1 is 0.976 bits per heavy atom. The largest absolute Gasteiger partial charge is 0.481 e. The summed E-state index contributed by atoms with van der Waals surface area (Å²) in [5, 5.41) is 17.1. The zero-order valence-corrected chi connectivity index (χ0v) is 26.6. The van der Waals surface area contributed by atoms with Gasteiger partial charge >= 0.3 is 18.0 Å². The van der Waals surface area contributed by atoms with E-state index in [0.29, 0.717) is 6.42 Å². The van der Waals surface area contributed by atoms with Gasteiger partial charge in [-0.05, 0) is 101 Å². The third-order valence-corrected chi connectivity index (χ3v) is 6.11. The molecule has 41 heavy (non-hydrogen) atoms. The van der Waals surface area contributed by atoms with Gasteiger partial charge in [-0.25, -0.2) is 4.79 Å². The molecule has 2 atom stereocenters. The van der Waals surface area contributed by atoms with Crippen LogP contribution < -0.4 is 16.0 Å². The molecule has 12 nitrogen and oxygen atoms in total. The van der Waals surface area contributed by atoms with Crippen LogP contribution in [0.25, 0.3) is 0 Å². The number of carbonyl (C=O) groups is 5. The first-order valence-electron chi connectivity index (χ1n) is 14.3. The summed E-state index contributed by atoms with van der Waals surface area (Å²) in [4.78, 5) is 58.5. The van der Waals surface area contributed by atoms with E-state index in [1.54, 1.807) is 39.5 Å². The molecule has 3 heterocycles. The molecule has 3 saturated heterocycles. The summed E-state index contributed by atoms with van der Waals surface area (Å²) in [6.07, 6.45) is 3.41. The monoisotopic (exact) mass is 584 g/mol. The lowest BCUT2D eigenvalue weighted by molar-refractivity contribution is -0.157. The van der Waals surface area contributed by atoms with E-state index in [1.807, 2.05) is 34.6 Å². The number of esters is 1. The Labute approximate surface area is 244 Å². The van der Waals surface area contributed by atoms with Crippen molar-refractivity contribution < 1.29 is 38.6 Å². The van der Waals surface area contributed by atoms with Crippen molar-refractivity contribution in [2.75, 3.05) is 13.1 Å². The smallest absolute Gasteiger partial charge is 0.408 e. The van der Waals surface area contributed by atoms with E-state index >= 15 is 0 Å². The number of rotatable bonds is 4. The van der Waals surface area contributed by atoms with Crippen molar-refractivity contribution in [1.82, 2.24) is 20.9 Å². The van der Waals surface area contributed by atoms with Gasteiger partial charge < -0.3 is 35.4 Å². The molecule has 0 aliphatic carbocycles. The summed E-state index contributed by atoms with van der Waals surface area (Å²) in [7, 11) is 0. The van der Waals surface area contributed by atoms with Gasteiger partial charge in [0.2, 0.25) is 11.8 Å². The number of carbonyl (C=O) groups excluding carboxylic acids is 4. The summed E-state index contributed by atoms with van der Waals surface area (Å²) < 4.78 is 10.2. The van der Waals surface area contributed by atoms with Crippen LogP contribution in [0.4, 0.5) is 4.79 Å². The summed E-state index contributed by atoms with van der Waals surface area (Å²) in [5.74, 6) is -0.953. The Hall–Kier alpha value is -2.89. The molecule has 3 fully saturated rings. The normalized spacial score (nSPS) is 22.0. The van der Waals surface area contributed by atoms with Crippen LogP contribution in [0.1, 0.15) is 108 Å². The highest BCUT2D eigenvalue weighted by Gasteiger charge is 2.41. The van der Waals surface area contributed by atoms with E-state index in [1.165, 1.54) is 0 Å². The molecule has 3 amide bonds. The van der Waals surface area contributed by atoms with Crippen LogP contribution in [0, 0.1) is 0 Å². The van der Waals surface area contributed by atoms with Gasteiger partial charge in [0.25, 0.3) is 0 Å². The van der Waals surface area contributed by atoms with Crippen LogP contribution in [-0.2, 0) is 28.7 Å². The van der Waals surface area contributed by atoms with Gasteiger partial charge in [-0.2, -0.15) is 0 Å². The number of amides is 3. The maximum atomic E-state index is 11.8. The molecule has 0 saturated carbocycles. The number of aliphatic carboxylic acids is 1. The molecule has 12 heteroatoms. The van der Waals surface area contributed by atoms with Gasteiger partial charge in [-0.3, -0.25) is 19.2 Å². The third-order valence-electron chi connectivity index (χ3n) is 6.11. The number of ether oxygens (including phenoxy) is 2. The summed E-state index contributed by atoms with van der Waals surface area (Å²) >= 11 is 0. The molecule has 0 aromatic heterocycles. The van der Waals surface area contributed by atoms with E-state index in [9.17, 15) is 24.0 Å². The number of nitrogens with zero attached hydrogens (tertiary/aromatic N) is 1. The first-order valence-corrected chi connectivity index (χ1v) is 14.3. The van der Waals surface area contributed by atoms with Crippen LogP contribution >= 0.6 is 0 Å². The van der Waals surface area contributed by atoms with Crippen molar-refractivity contribution in [3.05, 3.63) is 0 Å². The van der Waals surface area contributed by atoms with E-state index in [-0.39, 0.29) is 41.9 Å². The average Bonchev–Trinajstić information content (AvgIpc) is 3.41. The fourth-order valence-electron chi connectivity index (χ4n) is 4.54. The zero-order chi connectivity index (χ0) is 31.8. The zero-order valence-electron chi connectivity index (χ0n) is 26.6. The second-order valence-corrected chi connectivity index (χ2v) is 14.1. The Balaban J connectivity index is 0.000000309. The Bertz CT molecular complexity index is 917. The molecule has 0 aromatic rings. The number of alkyl carbamates (subject to hydrolysis) is 1. The fraction of sp³-hybridized carbons (Fsp3) is 0.828. The molecule has 0 spiro atoms. The molecule has 236 valence electrons. The molecule has 3 rings (SSSR count). The molecule has 3 aliphatic rings. The van der Waals surface area contributed by atoms with Gasteiger partial charge in [0, 0.05) is 24.0 Å². The number of fused-ring (bicyclic) bond motifs is 1. The second kappa shape index (κ2) is 14.3. The number of hydrogen-bond donors (Lipinski definition) is 4. The summed E-state index contributed by atoms with van der Waals surface area (Å²) in [6.45, 7) is 19.6.